The van der Waals surface area contributed by atoms with Gasteiger partial charge in [0.15, 0.2) is 0 Å². The zero-order chi connectivity index (χ0) is 20.1. The molecule has 0 saturated carbocycles. The Labute approximate surface area is 174 Å². The number of hydrogen-bond donors (Lipinski definition) is 2. The lowest BCUT2D eigenvalue weighted by molar-refractivity contribution is 0.414. The van der Waals surface area contributed by atoms with Gasteiger partial charge in [-0.3, -0.25) is 4.99 Å². The number of methoxy groups -OCH3 is 1. The second-order valence-electron chi connectivity index (χ2n) is 8.25. The summed E-state index contributed by atoms with van der Waals surface area (Å²) in [5, 5.41) is 0. The van der Waals surface area contributed by atoms with E-state index in [-0.39, 0.29) is 0 Å². The van der Waals surface area contributed by atoms with Crippen molar-refractivity contribution in [2.24, 2.45) is 10.9 Å². The highest BCUT2D eigenvalue weighted by Gasteiger charge is 2.23. The van der Waals surface area contributed by atoms with Gasteiger partial charge in [0, 0.05) is 18.0 Å². The molecule has 4 rings (SSSR count). The Balaban J connectivity index is 1.68. The number of nitrogens with zero attached hydrogens (tertiary/aromatic N) is 1. The minimum absolute atomic E-state index is 0.589. The van der Waals surface area contributed by atoms with E-state index in [1.165, 1.54) is 62.7 Å². The topological polar surface area (TPSA) is 53.2 Å². The van der Waals surface area contributed by atoms with Crippen molar-refractivity contribution in [1.82, 2.24) is 9.97 Å². The van der Waals surface area contributed by atoms with Crippen LogP contribution in [0.2, 0.25) is 0 Å². The predicted molar refractivity (Wildman–Crippen MR) is 121 cm³/mol. The van der Waals surface area contributed by atoms with E-state index in [4.69, 9.17) is 9.73 Å². The minimum atomic E-state index is 0.589. The van der Waals surface area contributed by atoms with Crippen LogP contribution >= 0.6 is 0 Å². The molecule has 0 amide bonds. The summed E-state index contributed by atoms with van der Waals surface area (Å²) < 4.78 is 5.66. The second kappa shape index (κ2) is 9.34. The summed E-state index contributed by atoms with van der Waals surface area (Å²) >= 11 is 0. The summed E-state index contributed by atoms with van der Waals surface area (Å²) in [5.74, 6) is 1.45. The summed E-state index contributed by atoms with van der Waals surface area (Å²) in [6.07, 6.45) is 18.0. The summed E-state index contributed by atoms with van der Waals surface area (Å²) in [5.41, 5.74) is 6.86. The van der Waals surface area contributed by atoms with Gasteiger partial charge in [0.05, 0.1) is 29.9 Å². The lowest BCUT2D eigenvalue weighted by atomic mass is 9.88. The molecule has 154 valence electrons. The van der Waals surface area contributed by atoms with E-state index in [0.29, 0.717) is 5.92 Å². The van der Waals surface area contributed by atoms with Crippen LogP contribution in [-0.4, -0.2) is 22.8 Å². The number of H-pyrrole nitrogens is 2. The van der Waals surface area contributed by atoms with Crippen molar-refractivity contribution in [1.29, 1.82) is 0 Å². The predicted octanol–water partition coefficient (Wildman–Crippen LogP) is 6.90. The first kappa shape index (κ1) is 19.8. The number of aromatic amines is 2. The fourth-order valence-corrected chi connectivity index (χ4v) is 4.57. The fourth-order valence-electron chi connectivity index (χ4n) is 4.57. The third kappa shape index (κ3) is 4.58. The molecule has 0 spiro atoms. The summed E-state index contributed by atoms with van der Waals surface area (Å²) in [6, 6.07) is 6.13. The number of allylic oxidation sites excluding steroid dienone is 2. The van der Waals surface area contributed by atoms with Gasteiger partial charge in [0.2, 0.25) is 0 Å². The normalized spacial score (nSPS) is 22.0. The molecular formula is C25H33N3O. The Kier molecular flexibility index (Phi) is 6.38. The molecule has 2 aromatic rings. The van der Waals surface area contributed by atoms with E-state index in [1.54, 1.807) is 7.11 Å². The average Bonchev–Trinajstić information content (AvgIpc) is 3.46. The van der Waals surface area contributed by atoms with Gasteiger partial charge < -0.3 is 14.7 Å². The number of nitrogens with one attached hydrogen (secondary N) is 2. The Hall–Kier alpha value is -2.49. The SMILES string of the molecule is CC[C@@H]1CCCCCCCCC2=NC(=Cc3[nH]c(-c4ccc[nH]4)cc3OC)C1=C2. The monoisotopic (exact) mass is 391 g/mol. The van der Waals surface area contributed by atoms with Crippen LogP contribution in [0, 0.1) is 5.92 Å². The largest absolute Gasteiger partial charge is 0.494 e. The van der Waals surface area contributed by atoms with Crippen LogP contribution in [0.3, 0.4) is 0 Å². The molecular weight excluding hydrogens is 358 g/mol. The van der Waals surface area contributed by atoms with E-state index in [2.05, 4.69) is 41.2 Å². The highest BCUT2D eigenvalue weighted by atomic mass is 16.5. The number of fused-ring (bicyclic) bond motifs is 1. The zero-order valence-electron chi connectivity index (χ0n) is 17.8. The number of aliphatic imine (C=N–C) groups is 1. The third-order valence-electron chi connectivity index (χ3n) is 6.25. The minimum Gasteiger partial charge on any atom is -0.494 e. The van der Waals surface area contributed by atoms with Gasteiger partial charge >= 0.3 is 0 Å². The van der Waals surface area contributed by atoms with Crippen molar-refractivity contribution >= 4 is 11.8 Å². The van der Waals surface area contributed by atoms with Crippen LogP contribution in [0.5, 0.6) is 5.75 Å². The second-order valence-corrected chi connectivity index (χ2v) is 8.25. The van der Waals surface area contributed by atoms with Gasteiger partial charge in [-0.1, -0.05) is 39.0 Å². The van der Waals surface area contributed by atoms with Crippen molar-refractivity contribution in [3.8, 4) is 17.1 Å². The molecule has 2 aromatic heterocycles. The van der Waals surface area contributed by atoms with E-state index < -0.39 is 0 Å². The first-order valence-corrected chi connectivity index (χ1v) is 11.2. The molecule has 2 aliphatic rings. The van der Waals surface area contributed by atoms with Gasteiger partial charge in [0.25, 0.3) is 0 Å². The highest BCUT2D eigenvalue weighted by Crippen LogP contribution is 2.36. The smallest absolute Gasteiger partial charge is 0.144 e. The van der Waals surface area contributed by atoms with Crippen molar-refractivity contribution in [3.63, 3.8) is 0 Å². The first-order chi connectivity index (χ1) is 14.3. The molecule has 1 atom stereocenters. The number of hydrogen-bond acceptors (Lipinski definition) is 2. The lowest BCUT2D eigenvalue weighted by Gasteiger charge is -2.17. The van der Waals surface area contributed by atoms with Crippen LogP contribution in [0.15, 0.2) is 46.7 Å². The standard InChI is InChI=1S/C25H33N3O/c1-3-18-11-8-6-4-5-7-9-12-19-15-20(18)22(27-19)16-24-25(29-2)17-23(28-24)21-13-10-14-26-21/h10,13-18,26,28H,3-9,11-12H2,1-2H3/t18-/m1/s1. The number of rotatable bonds is 4. The highest BCUT2D eigenvalue weighted by molar-refractivity contribution is 6.00. The molecule has 0 aromatic carbocycles. The maximum Gasteiger partial charge on any atom is 0.144 e. The van der Waals surface area contributed by atoms with Gasteiger partial charge in [-0.2, -0.15) is 0 Å². The van der Waals surface area contributed by atoms with Crippen LogP contribution in [0.4, 0.5) is 0 Å². The molecule has 2 bridgehead atoms. The maximum atomic E-state index is 5.66. The molecule has 0 radical (unpaired) electrons. The third-order valence-corrected chi connectivity index (χ3v) is 6.25. The molecule has 29 heavy (non-hydrogen) atoms. The van der Waals surface area contributed by atoms with Crippen molar-refractivity contribution < 1.29 is 4.74 Å². The van der Waals surface area contributed by atoms with E-state index in [0.717, 1.165) is 34.9 Å². The molecule has 1 aliphatic carbocycles. The molecule has 0 unspecified atom stereocenters. The first-order valence-electron chi connectivity index (χ1n) is 11.2. The van der Waals surface area contributed by atoms with Crippen molar-refractivity contribution in [2.75, 3.05) is 7.11 Å². The summed E-state index contributed by atoms with van der Waals surface area (Å²) in [7, 11) is 1.73. The Morgan fingerprint density at radius 3 is 2.72 bits per heavy atom. The van der Waals surface area contributed by atoms with E-state index in [1.807, 2.05) is 12.3 Å². The van der Waals surface area contributed by atoms with Crippen LogP contribution < -0.4 is 4.74 Å². The van der Waals surface area contributed by atoms with Crippen molar-refractivity contribution in [3.05, 3.63) is 47.4 Å². The van der Waals surface area contributed by atoms with Gasteiger partial charge in [-0.25, -0.2) is 0 Å². The molecule has 3 heterocycles. The van der Waals surface area contributed by atoms with Gasteiger partial charge in [0.1, 0.15) is 5.75 Å². The molecule has 0 saturated heterocycles. The zero-order valence-corrected chi connectivity index (χ0v) is 17.8. The van der Waals surface area contributed by atoms with Gasteiger partial charge in [-0.05, 0) is 61.5 Å². The Bertz CT molecular complexity index is 899. The number of ether oxygens (including phenoxy) is 1. The Morgan fingerprint density at radius 1 is 1.14 bits per heavy atom. The van der Waals surface area contributed by atoms with Crippen LogP contribution in [-0.2, 0) is 0 Å². The maximum absolute atomic E-state index is 5.66. The van der Waals surface area contributed by atoms with E-state index >= 15 is 0 Å². The van der Waals surface area contributed by atoms with Gasteiger partial charge in [-0.15, -0.1) is 0 Å². The van der Waals surface area contributed by atoms with Crippen molar-refractivity contribution in [2.45, 2.75) is 64.7 Å². The summed E-state index contributed by atoms with van der Waals surface area (Å²) in [6.45, 7) is 2.31. The Morgan fingerprint density at radius 2 is 1.97 bits per heavy atom. The van der Waals surface area contributed by atoms with E-state index in [9.17, 15) is 0 Å². The summed E-state index contributed by atoms with van der Waals surface area (Å²) in [4.78, 5) is 11.8. The average molecular weight is 392 g/mol. The molecule has 0 fully saturated rings. The number of aromatic nitrogens is 2. The lowest BCUT2D eigenvalue weighted by Crippen LogP contribution is -2.04. The molecule has 4 nitrogen and oxygen atoms in total. The fraction of sp³-hybridized carbons (Fsp3) is 0.480. The quantitative estimate of drug-likeness (QED) is 0.585. The molecule has 4 heteroatoms. The molecule has 1 aliphatic heterocycles. The van der Waals surface area contributed by atoms with Crippen LogP contribution in [0.25, 0.3) is 17.5 Å². The molecule has 2 N–H and O–H groups in total. The van der Waals surface area contributed by atoms with Crippen LogP contribution in [0.1, 0.15) is 70.4 Å².